The first-order chi connectivity index (χ1) is 12.7. The van der Waals surface area contributed by atoms with Gasteiger partial charge in [-0.2, -0.15) is 0 Å². The lowest BCUT2D eigenvalue weighted by molar-refractivity contribution is 0.0928. The third-order valence-corrected chi connectivity index (χ3v) is 5.05. The molecule has 1 fully saturated rings. The number of benzene rings is 2. The summed E-state index contributed by atoms with van der Waals surface area (Å²) >= 11 is 0. The van der Waals surface area contributed by atoms with E-state index in [9.17, 15) is 4.79 Å². The Bertz CT molecular complexity index is 896. The van der Waals surface area contributed by atoms with Crippen molar-refractivity contribution in [3.8, 4) is 5.75 Å². The number of para-hydroxylation sites is 1. The van der Waals surface area contributed by atoms with E-state index in [0.29, 0.717) is 6.54 Å². The van der Waals surface area contributed by atoms with Gasteiger partial charge in [-0.1, -0.05) is 18.2 Å². The summed E-state index contributed by atoms with van der Waals surface area (Å²) in [5.41, 5.74) is 2.95. The third kappa shape index (κ3) is 3.30. The maximum Gasteiger partial charge on any atom is 0.178 e. The standard InChI is InChI=1S/C21H23N3O2/c1-26-17-7-8-20-18(13-17)19(14-22-20)21(25)15-23-9-11-24(12-10-23)16-5-3-2-4-6-16/h2-8,13-14,22H,9-12,15H2,1H3. The Labute approximate surface area is 153 Å². The molecule has 0 amide bonds. The number of hydrogen-bond acceptors (Lipinski definition) is 4. The second-order valence-electron chi connectivity index (χ2n) is 6.64. The number of Topliss-reactive ketones (excluding diaryl/α,β-unsaturated/α-hetero) is 1. The molecule has 4 rings (SSSR count). The molecule has 0 atom stereocenters. The van der Waals surface area contributed by atoms with E-state index in [1.54, 1.807) is 7.11 Å². The number of anilines is 1. The molecule has 0 saturated carbocycles. The van der Waals surface area contributed by atoms with Crippen LogP contribution < -0.4 is 9.64 Å². The fourth-order valence-corrected chi connectivity index (χ4v) is 3.55. The number of aromatic nitrogens is 1. The summed E-state index contributed by atoms with van der Waals surface area (Å²) in [6.07, 6.45) is 1.81. The first-order valence-electron chi connectivity index (χ1n) is 8.95. The second-order valence-corrected chi connectivity index (χ2v) is 6.64. The lowest BCUT2D eigenvalue weighted by Gasteiger charge is -2.35. The van der Waals surface area contributed by atoms with Gasteiger partial charge in [0.2, 0.25) is 0 Å². The number of hydrogen-bond donors (Lipinski definition) is 1. The highest BCUT2D eigenvalue weighted by molar-refractivity contribution is 6.09. The van der Waals surface area contributed by atoms with Crippen LogP contribution in [0.1, 0.15) is 10.4 Å². The van der Waals surface area contributed by atoms with Gasteiger partial charge in [0, 0.05) is 54.5 Å². The first-order valence-corrected chi connectivity index (χ1v) is 8.95. The number of carbonyl (C=O) groups is 1. The summed E-state index contributed by atoms with van der Waals surface area (Å²) < 4.78 is 5.29. The van der Waals surface area contributed by atoms with Crippen LogP contribution in [0.5, 0.6) is 5.75 Å². The Kier molecular flexibility index (Phi) is 4.63. The molecule has 2 aromatic carbocycles. The van der Waals surface area contributed by atoms with E-state index >= 15 is 0 Å². The van der Waals surface area contributed by atoms with Crippen LogP contribution in [0.3, 0.4) is 0 Å². The van der Waals surface area contributed by atoms with Crippen LogP contribution in [-0.2, 0) is 0 Å². The number of nitrogens with zero attached hydrogens (tertiary/aromatic N) is 2. The van der Waals surface area contributed by atoms with Gasteiger partial charge >= 0.3 is 0 Å². The smallest absolute Gasteiger partial charge is 0.178 e. The monoisotopic (exact) mass is 349 g/mol. The summed E-state index contributed by atoms with van der Waals surface area (Å²) in [7, 11) is 1.64. The van der Waals surface area contributed by atoms with Gasteiger partial charge in [-0.15, -0.1) is 0 Å². The van der Waals surface area contributed by atoms with Gasteiger partial charge in [0.05, 0.1) is 13.7 Å². The highest BCUT2D eigenvalue weighted by Crippen LogP contribution is 2.24. The first kappa shape index (κ1) is 16.7. The minimum absolute atomic E-state index is 0.151. The van der Waals surface area contributed by atoms with E-state index in [1.807, 2.05) is 30.5 Å². The molecule has 26 heavy (non-hydrogen) atoms. The van der Waals surface area contributed by atoms with Crippen LogP contribution in [0, 0.1) is 0 Å². The van der Waals surface area contributed by atoms with Gasteiger partial charge in [0.25, 0.3) is 0 Å². The fourth-order valence-electron chi connectivity index (χ4n) is 3.55. The van der Waals surface area contributed by atoms with E-state index in [1.165, 1.54) is 5.69 Å². The number of carbonyl (C=O) groups excluding carboxylic acids is 1. The van der Waals surface area contributed by atoms with Gasteiger partial charge in [0.1, 0.15) is 5.75 Å². The normalized spacial score (nSPS) is 15.3. The highest BCUT2D eigenvalue weighted by atomic mass is 16.5. The van der Waals surface area contributed by atoms with Gasteiger partial charge in [-0.25, -0.2) is 0 Å². The minimum atomic E-state index is 0.151. The van der Waals surface area contributed by atoms with Gasteiger partial charge in [-0.3, -0.25) is 9.69 Å². The van der Waals surface area contributed by atoms with Crippen molar-refractivity contribution in [1.29, 1.82) is 0 Å². The van der Waals surface area contributed by atoms with Crippen molar-refractivity contribution in [2.45, 2.75) is 0 Å². The van der Waals surface area contributed by atoms with E-state index in [0.717, 1.165) is 48.4 Å². The second kappa shape index (κ2) is 7.22. The Morgan fingerprint density at radius 2 is 1.85 bits per heavy atom. The van der Waals surface area contributed by atoms with E-state index in [-0.39, 0.29) is 5.78 Å². The number of aromatic amines is 1. The molecule has 0 aliphatic carbocycles. The van der Waals surface area contributed by atoms with Crippen LogP contribution >= 0.6 is 0 Å². The zero-order valence-corrected chi connectivity index (χ0v) is 14.9. The zero-order chi connectivity index (χ0) is 17.9. The number of ketones is 1. The Morgan fingerprint density at radius 1 is 1.08 bits per heavy atom. The quantitative estimate of drug-likeness (QED) is 0.719. The molecule has 134 valence electrons. The average Bonchev–Trinajstić information content (AvgIpc) is 3.12. The zero-order valence-electron chi connectivity index (χ0n) is 14.9. The fraction of sp³-hybridized carbons (Fsp3) is 0.286. The summed E-state index contributed by atoms with van der Waals surface area (Å²) in [4.78, 5) is 20.6. The molecule has 1 saturated heterocycles. The van der Waals surface area contributed by atoms with E-state index in [2.05, 4.69) is 39.0 Å². The predicted octanol–water partition coefficient (Wildman–Crippen LogP) is 3.18. The Hall–Kier alpha value is -2.79. The van der Waals surface area contributed by atoms with Gasteiger partial charge < -0.3 is 14.6 Å². The third-order valence-electron chi connectivity index (χ3n) is 5.05. The van der Waals surface area contributed by atoms with Crippen LogP contribution in [0.15, 0.2) is 54.7 Å². The molecule has 1 N–H and O–H groups in total. The molecule has 1 aliphatic rings. The van der Waals surface area contributed by atoms with E-state index in [4.69, 9.17) is 4.74 Å². The molecule has 1 aliphatic heterocycles. The molecule has 0 radical (unpaired) electrons. The largest absolute Gasteiger partial charge is 0.497 e. The van der Waals surface area contributed by atoms with Crippen molar-refractivity contribution in [1.82, 2.24) is 9.88 Å². The van der Waals surface area contributed by atoms with Crippen LogP contribution in [-0.4, -0.2) is 55.5 Å². The van der Waals surface area contributed by atoms with E-state index < -0.39 is 0 Å². The molecule has 5 nitrogen and oxygen atoms in total. The molecular weight excluding hydrogens is 326 g/mol. The average molecular weight is 349 g/mol. The number of ether oxygens (including phenoxy) is 1. The molecule has 0 spiro atoms. The summed E-state index contributed by atoms with van der Waals surface area (Å²) in [6, 6.07) is 16.2. The number of H-pyrrole nitrogens is 1. The molecule has 0 unspecified atom stereocenters. The lowest BCUT2D eigenvalue weighted by Crippen LogP contribution is -2.48. The molecule has 0 bridgehead atoms. The summed E-state index contributed by atoms with van der Waals surface area (Å²) in [6.45, 7) is 4.13. The van der Waals surface area contributed by atoms with Crippen molar-refractivity contribution in [3.63, 3.8) is 0 Å². The van der Waals surface area contributed by atoms with Crippen LogP contribution in [0.25, 0.3) is 10.9 Å². The Balaban J connectivity index is 1.42. The number of fused-ring (bicyclic) bond motifs is 1. The van der Waals surface area contributed by atoms with Gasteiger partial charge in [0.15, 0.2) is 5.78 Å². The predicted molar refractivity (Wildman–Crippen MR) is 104 cm³/mol. The van der Waals surface area contributed by atoms with Crippen molar-refractivity contribution in [3.05, 3.63) is 60.3 Å². The Morgan fingerprint density at radius 3 is 2.58 bits per heavy atom. The number of rotatable bonds is 5. The number of nitrogens with one attached hydrogen (secondary N) is 1. The SMILES string of the molecule is COc1ccc2[nH]cc(C(=O)CN3CCN(c4ccccc4)CC3)c2c1. The van der Waals surface area contributed by atoms with Crippen molar-refractivity contribution in [2.75, 3.05) is 44.7 Å². The van der Waals surface area contributed by atoms with Crippen molar-refractivity contribution >= 4 is 22.4 Å². The van der Waals surface area contributed by atoms with Crippen LogP contribution in [0.4, 0.5) is 5.69 Å². The lowest BCUT2D eigenvalue weighted by atomic mass is 10.1. The molecule has 3 aromatic rings. The minimum Gasteiger partial charge on any atom is -0.497 e. The highest BCUT2D eigenvalue weighted by Gasteiger charge is 2.21. The maximum atomic E-state index is 12.8. The molecular formula is C21H23N3O2. The maximum absolute atomic E-state index is 12.8. The molecule has 1 aromatic heterocycles. The van der Waals surface area contributed by atoms with Crippen molar-refractivity contribution < 1.29 is 9.53 Å². The number of methoxy groups -OCH3 is 1. The van der Waals surface area contributed by atoms with Crippen LogP contribution in [0.2, 0.25) is 0 Å². The molecule has 2 heterocycles. The molecule has 5 heteroatoms. The summed E-state index contributed by atoms with van der Waals surface area (Å²) in [5, 5.41) is 0.928. The van der Waals surface area contributed by atoms with Gasteiger partial charge in [-0.05, 0) is 30.3 Å². The summed E-state index contributed by atoms with van der Waals surface area (Å²) in [5.74, 6) is 0.917. The van der Waals surface area contributed by atoms with Crippen molar-refractivity contribution in [2.24, 2.45) is 0 Å². The topological polar surface area (TPSA) is 48.6 Å². The number of piperazine rings is 1.